The zero-order chi connectivity index (χ0) is 19.2. The molecule has 0 saturated heterocycles. The van der Waals surface area contributed by atoms with Crippen molar-refractivity contribution < 1.29 is 9.50 Å². The first kappa shape index (κ1) is 19.1. The van der Waals surface area contributed by atoms with Gasteiger partial charge in [-0.2, -0.15) is 0 Å². The third-order valence-electron chi connectivity index (χ3n) is 4.13. The van der Waals surface area contributed by atoms with Crippen LogP contribution in [0.4, 0.5) is 4.39 Å². The van der Waals surface area contributed by atoms with E-state index in [1.165, 1.54) is 0 Å². The summed E-state index contributed by atoms with van der Waals surface area (Å²) in [5.74, 6) is 0. The number of alkyl halides is 1. The normalized spacial score (nSPS) is 13.6. The number of pyridine rings is 2. The lowest BCUT2D eigenvalue weighted by atomic mass is 9.93. The molecule has 0 aliphatic rings. The molecule has 3 aromatic rings. The van der Waals surface area contributed by atoms with Crippen molar-refractivity contribution in [2.24, 2.45) is 4.99 Å². The number of hydrogen-bond acceptors (Lipinski definition) is 4. The third-order valence-corrected chi connectivity index (χ3v) is 4.35. The maximum atomic E-state index is 12.7. The maximum Gasteiger partial charge on any atom is 0.124 e. The van der Waals surface area contributed by atoms with E-state index in [9.17, 15) is 9.50 Å². The van der Waals surface area contributed by atoms with Crippen LogP contribution in [0.5, 0.6) is 0 Å². The molecular formula is C21H19ClFN3O. The van der Waals surface area contributed by atoms with Crippen molar-refractivity contribution in [2.45, 2.75) is 19.1 Å². The molecular weight excluding hydrogens is 365 g/mol. The minimum Gasteiger partial charge on any atom is -0.386 e. The summed E-state index contributed by atoms with van der Waals surface area (Å²) in [5.41, 5.74) is 3.67. The number of nitrogens with zero attached hydrogens (tertiary/aromatic N) is 3. The zero-order valence-corrected chi connectivity index (χ0v) is 15.5. The minimum atomic E-state index is -1.03. The van der Waals surface area contributed by atoms with Crippen LogP contribution in [0.15, 0.2) is 66.0 Å². The van der Waals surface area contributed by atoms with Crippen molar-refractivity contribution in [3.63, 3.8) is 0 Å². The quantitative estimate of drug-likeness (QED) is 0.614. The van der Waals surface area contributed by atoms with Crippen LogP contribution in [-0.4, -0.2) is 28.0 Å². The summed E-state index contributed by atoms with van der Waals surface area (Å²) < 4.78 is 12.7. The van der Waals surface area contributed by atoms with Gasteiger partial charge in [-0.05, 0) is 48.4 Å². The molecule has 2 atom stereocenters. The van der Waals surface area contributed by atoms with Crippen LogP contribution in [0.3, 0.4) is 0 Å². The Kier molecular flexibility index (Phi) is 6.27. The summed E-state index contributed by atoms with van der Waals surface area (Å²) in [6.45, 7) is 1.23. The lowest BCUT2D eigenvalue weighted by Gasteiger charge is -2.22. The number of aromatic nitrogens is 2. The lowest BCUT2D eigenvalue weighted by molar-refractivity contribution is 0.148. The van der Waals surface area contributed by atoms with Crippen LogP contribution < -0.4 is 0 Å². The van der Waals surface area contributed by atoms with E-state index >= 15 is 0 Å². The molecule has 0 saturated carbocycles. The number of halogens is 2. The van der Waals surface area contributed by atoms with Gasteiger partial charge in [-0.25, -0.2) is 4.39 Å². The molecule has 1 N–H and O–H groups in total. The Morgan fingerprint density at radius 2 is 2.04 bits per heavy atom. The number of aliphatic hydroxyl groups excluding tert-OH is 1. The van der Waals surface area contributed by atoms with Gasteiger partial charge in [0.1, 0.15) is 18.8 Å². The summed E-state index contributed by atoms with van der Waals surface area (Å²) >= 11 is 6.20. The first-order chi connectivity index (χ1) is 13.1. The summed E-state index contributed by atoms with van der Waals surface area (Å²) in [7, 11) is 0. The Labute approximate surface area is 162 Å². The van der Waals surface area contributed by atoms with E-state index < -0.39 is 18.8 Å². The van der Waals surface area contributed by atoms with Crippen molar-refractivity contribution in [3.8, 4) is 11.3 Å². The lowest BCUT2D eigenvalue weighted by Crippen LogP contribution is -2.12. The number of hydrogen-bond donors (Lipinski definition) is 1. The predicted molar refractivity (Wildman–Crippen MR) is 106 cm³/mol. The molecule has 0 radical (unpaired) electrons. The second kappa shape index (κ2) is 8.84. The van der Waals surface area contributed by atoms with E-state index in [4.69, 9.17) is 11.6 Å². The average Bonchev–Trinajstić information content (AvgIpc) is 2.68. The van der Waals surface area contributed by atoms with Crippen molar-refractivity contribution in [2.75, 3.05) is 6.67 Å². The first-order valence-electron chi connectivity index (χ1n) is 8.48. The molecule has 3 rings (SSSR count). The summed E-state index contributed by atoms with van der Waals surface area (Å²) in [5, 5.41) is 11.7. The highest BCUT2D eigenvalue weighted by molar-refractivity contribution is 6.30. The molecule has 2 heterocycles. The van der Waals surface area contributed by atoms with Crippen LogP contribution in [-0.2, 0) is 0 Å². The molecule has 0 spiro atoms. The third kappa shape index (κ3) is 4.56. The fourth-order valence-corrected chi connectivity index (χ4v) is 3.28. The molecule has 27 heavy (non-hydrogen) atoms. The second-order valence-electron chi connectivity index (χ2n) is 6.12. The first-order valence-corrected chi connectivity index (χ1v) is 8.86. The zero-order valence-electron chi connectivity index (χ0n) is 14.8. The van der Waals surface area contributed by atoms with Crippen molar-refractivity contribution in [3.05, 3.63) is 82.8 Å². The Morgan fingerprint density at radius 3 is 2.74 bits per heavy atom. The molecule has 0 aliphatic heterocycles. The molecule has 6 heteroatoms. The van der Waals surface area contributed by atoms with Crippen molar-refractivity contribution >= 4 is 17.8 Å². The molecule has 0 aliphatic carbocycles. The van der Waals surface area contributed by atoms with Gasteiger partial charge in [-0.3, -0.25) is 15.0 Å². The monoisotopic (exact) mass is 383 g/mol. The second-order valence-corrected chi connectivity index (χ2v) is 6.56. The SMILES string of the molecule is Cc1cc(Cl)cc(-c2ncccc2[C@@H](O)[C@@H](N=CCF)c2cccnc2)c1. The topological polar surface area (TPSA) is 58.4 Å². The van der Waals surface area contributed by atoms with Gasteiger partial charge in [0, 0.05) is 41.0 Å². The van der Waals surface area contributed by atoms with Crippen LogP contribution in [0, 0.1) is 6.92 Å². The highest BCUT2D eigenvalue weighted by atomic mass is 35.5. The van der Waals surface area contributed by atoms with Crippen LogP contribution in [0.1, 0.15) is 28.8 Å². The van der Waals surface area contributed by atoms with E-state index in [2.05, 4.69) is 15.0 Å². The van der Waals surface area contributed by atoms with E-state index in [-0.39, 0.29) is 0 Å². The summed E-state index contributed by atoms with van der Waals surface area (Å²) in [4.78, 5) is 12.7. The van der Waals surface area contributed by atoms with Crippen molar-refractivity contribution in [1.29, 1.82) is 0 Å². The molecule has 0 amide bonds. The van der Waals surface area contributed by atoms with Gasteiger partial charge in [-0.1, -0.05) is 23.7 Å². The van der Waals surface area contributed by atoms with Gasteiger partial charge in [0.15, 0.2) is 0 Å². The van der Waals surface area contributed by atoms with Gasteiger partial charge in [0.05, 0.1) is 5.69 Å². The molecule has 0 bridgehead atoms. The van der Waals surface area contributed by atoms with E-state index in [1.807, 2.05) is 19.1 Å². The van der Waals surface area contributed by atoms with Crippen LogP contribution in [0.25, 0.3) is 11.3 Å². The number of aliphatic hydroxyl groups is 1. The summed E-state index contributed by atoms with van der Waals surface area (Å²) in [6, 6.07) is 12.0. The van der Waals surface area contributed by atoms with Gasteiger partial charge < -0.3 is 5.11 Å². The van der Waals surface area contributed by atoms with Gasteiger partial charge >= 0.3 is 0 Å². The van der Waals surface area contributed by atoms with Gasteiger partial charge in [-0.15, -0.1) is 0 Å². The van der Waals surface area contributed by atoms with Gasteiger partial charge in [0.25, 0.3) is 0 Å². The Balaban J connectivity index is 2.08. The standard InChI is InChI=1S/C21H19ClFN3O/c1-14-10-16(12-17(22)11-14)19-18(5-3-8-25-19)21(27)20(26-9-6-23)15-4-2-7-24-13-15/h2-5,7-13,20-21,27H,6H2,1H3/t20-,21+/m0/s1. The molecule has 4 nitrogen and oxygen atoms in total. The Hall–Kier alpha value is -2.63. The van der Waals surface area contributed by atoms with E-state index in [0.29, 0.717) is 21.8 Å². The number of benzene rings is 1. The smallest absolute Gasteiger partial charge is 0.124 e. The highest BCUT2D eigenvalue weighted by Crippen LogP contribution is 2.36. The molecule has 0 unspecified atom stereocenters. The molecule has 138 valence electrons. The molecule has 2 aromatic heterocycles. The van der Waals surface area contributed by atoms with Gasteiger partial charge in [0.2, 0.25) is 0 Å². The Morgan fingerprint density at radius 1 is 1.22 bits per heavy atom. The van der Waals surface area contributed by atoms with E-state index in [0.717, 1.165) is 17.3 Å². The minimum absolute atomic E-state index is 0.587. The molecule has 0 fully saturated rings. The largest absolute Gasteiger partial charge is 0.386 e. The number of aryl methyl sites for hydroxylation is 1. The average molecular weight is 384 g/mol. The Bertz CT molecular complexity index is 913. The highest BCUT2D eigenvalue weighted by Gasteiger charge is 2.25. The maximum absolute atomic E-state index is 12.7. The fraction of sp³-hybridized carbons (Fsp3) is 0.190. The molecule has 1 aromatic carbocycles. The van der Waals surface area contributed by atoms with Crippen LogP contribution >= 0.6 is 11.6 Å². The number of aliphatic imine (C=N–C) groups is 1. The predicted octanol–water partition coefficient (Wildman–Crippen LogP) is 4.92. The van der Waals surface area contributed by atoms with E-state index in [1.54, 1.807) is 48.9 Å². The fourth-order valence-electron chi connectivity index (χ4n) is 2.99. The van der Waals surface area contributed by atoms with Crippen LogP contribution in [0.2, 0.25) is 5.02 Å². The summed E-state index contributed by atoms with van der Waals surface area (Å²) in [6.07, 6.45) is 5.03. The van der Waals surface area contributed by atoms with Crippen molar-refractivity contribution in [1.82, 2.24) is 9.97 Å². The number of rotatable bonds is 6.